The van der Waals surface area contributed by atoms with Crippen LogP contribution in [0.15, 0.2) is 24.3 Å². The number of amides is 2. The van der Waals surface area contributed by atoms with E-state index in [0.717, 1.165) is 56.7 Å². The minimum Gasteiger partial charge on any atom is -0.336 e. The lowest BCUT2D eigenvalue weighted by atomic mass is 10.1. The lowest BCUT2D eigenvalue weighted by Crippen LogP contribution is -2.53. The summed E-state index contributed by atoms with van der Waals surface area (Å²) >= 11 is 0. The van der Waals surface area contributed by atoms with Crippen LogP contribution in [0, 0.1) is 0 Å². The Balaban J connectivity index is 1.81. The number of nitrogens with zero attached hydrogens (tertiary/aromatic N) is 3. The predicted molar refractivity (Wildman–Crippen MR) is 124 cm³/mol. The van der Waals surface area contributed by atoms with E-state index in [2.05, 4.69) is 54.6 Å². The van der Waals surface area contributed by atoms with Crippen molar-refractivity contribution >= 4 is 17.5 Å². The normalized spacial score (nSPS) is 17.4. The van der Waals surface area contributed by atoms with Crippen LogP contribution in [0.1, 0.15) is 53.0 Å². The molecule has 6 nitrogen and oxygen atoms in total. The Kier molecular flexibility index (Phi) is 9.79. The van der Waals surface area contributed by atoms with Crippen molar-refractivity contribution in [1.82, 2.24) is 14.7 Å². The zero-order valence-corrected chi connectivity index (χ0v) is 19.5. The van der Waals surface area contributed by atoms with Gasteiger partial charge in [-0.3, -0.25) is 19.4 Å². The third kappa shape index (κ3) is 6.81. The molecule has 30 heavy (non-hydrogen) atoms. The van der Waals surface area contributed by atoms with Gasteiger partial charge in [0, 0.05) is 44.0 Å². The van der Waals surface area contributed by atoms with Crippen LogP contribution in [0.4, 0.5) is 5.69 Å². The Morgan fingerprint density at radius 1 is 0.933 bits per heavy atom. The average Bonchev–Trinajstić information content (AvgIpc) is 2.75. The third-order valence-electron chi connectivity index (χ3n) is 6.28. The largest absolute Gasteiger partial charge is 0.336 e. The van der Waals surface area contributed by atoms with E-state index in [1.807, 2.05) is 24.3 Å². The first-order chi connectivity index (χ1) is 14.4. The summed E-state index contributed by atoms with van der Waals surface area (Å²) in [6, 6.07) is 8.49. The second kappa shape index (κ2) is 12.1. The molecule has 0 unspecified atom stereocenters. The molecule has 1 aliphatic rings. The van der Waals surface area contributed by atoms with E-state index in [1.165, 1.54) is 0 Å². The van der Waals surface area contributed by atoms with Gasteiger partial charge in [0.05, 0.1) is 13.1 Å². The van der Waals surface area contributed by atoms with Crippen LogP contribution < -0.4 is 5.32 Å². The standard InChI is InChI=1S/C24H40N4O2/c1-6-19(4)28(20(5)7-2)24(30)18-27-15-13-26(14-16-27)17-23(29)25-22-12-10-9-11-21(22)8-3/h9-12,19-20H,6-8,13-18H2,1-5H3,(H,25,29)/t19-,20+. The number of hydrogen-bond acceptors (Lipinski definition) is 4. The van der Waals surface area contributed by atoms with Gasteiger partial charge >= 0.3 is 0 Å². The van der Waals surface area contributed by atoms with E-state index in [1.54, 1.807) is 0 Å². The van der Waals surface area contributed by atoms with Crippen molar-refractivity contribution in [2.24, 2.45) is 0 Å². The van der Waals surface area contributed by atoms with Gasteiger partial charge in [0.1, 0.15) is 0 Å². The molecule has 1 aromatic rings. The number of nitrogens with one attached hydrogen (secondary N) is 1. The number of aryl methyl sites for hydroxylation is 1. The molecule has 0 radical (unpaired) electrons. The summed E-state index contributed by atoms with van der Waals surface area (Å²) in [5, 5.41) is 3.05. The smallest absolute Gasteiger partial charge is 0.238 e. The van der Waals surface area contributed by atoms with Crippen LogP contribution >= 0.6 is 0 Å². The number of para-hydroxylation sites is 1. The van der Waals surface area contributed by atoms with Crippen molar-refractivity contribution < 1.29 is 9.59 Å². The highest BCUT2D eigenvalue weighted by Crippen LogP contribution is 2.16. The van der Waals surface area contributed by atoms with Crippen molar-refractivity contribution in [3.63, 3.8) is 0 Å². The van der Waals surface area contributed by atoms with E-state index in [0.29, 0.717) is 13.1 Å². The Morgan fingerprint density at radius 3 is 2.00 bits per heavy atom. The van der Waals surface area contributed by atoms with E-state index in [9.17, 15) is 9.59 Å². The number of carbonyl (C=O) groups is 2. The molecular formula is C24H40N4O2. The van der Waals surface area contributed by atoms with E-state index < -0.39 is 0 Å². The summed E-state index contributed by atoms with van der Waals surface area (Å²) in [5.74, 6) is 0.251. The molecule has 1 saturated heterocycles. The van der Waals surface area contributed by atoms with Gasteiger partial charge in [-0.15, -0.1) is 0 Å². The number of hydrogen-bond donors (Lipinski definition) is 1. The third-order valence-corrected chi connectivity index (χ3v) is 6.28. The van der Waals surface area contributed by atoms with Crippen molar-refractivity contribution in [1.29, 1.82) is 0 Å². The SMILES string of the molecule is CCc1ccccc1NC(=O)CN1CCN(CC(=O)N([C@H](C)CC)[C@@H](C)CC)CC1. The van der Waals surface area contributed by atoms with Crippen LogP contribution in [0.5, 0.6) is 0 Å². The number of carbonyl (C=O) groups excluding carboxylic acids is 2. The molecule has 1 aromatic carbocycles. The number of anilines is 1. The monoisotopic (exact) mass is 416 g/mol. The van der Waals surface area contributed by atoms with Gasteiger partial charge in [0.2, 0.25) is 11.8 Å². The summed E-state index contributed by atoms with van der Waals surface area (Å²) in [7, 11) is 0. The molecule has 168 valence electrons. The zero-order valence-electron chi connectivity index (χ0n) is 19.5. The molecular weight excluding hydrogens is 376 g/mol. The van der Waals surface area contributed by atoms with Gasteiger partial charge in [-0.25, -0.2) is 0 Å². The molecule has 6 heteroatoms. The molecule has 1 fully saturated rings. The van der Waals surface area contributed by atoms with Crippen molar-refractivity contribution in [3.8, 4) is 0 Å². The fourth-order valence-electron chi connectivity index (χ4n) is 4.04. The highest BCUT2D eigenvalue weighted by Gasteiger charge is 2.27. The highest BCUT2D eigenvalue weighted by atomic mass is 16.2. The van der Waals surface area contributed by atoms with E-state index >= 15 is 0 Å². The molecule has 0 saturated carbocycles. The lowest BCUT2D eigenvalue weighted by molar-refractivity contribution is -0.137. The zero-order chi connectivity index (χ0) is 22.1. The van der Waals surface area contributed by atoms with Crippen molar-refractivity contribution in [3.05, 3.63) is 29.8 Å². The number of rotatable bonds is 10. The van der Waals surface area contributed by atoms with Crippen molar-refractivity contribution in [2.45, 2.75) is 66.0 Å². The van der Waals surface area contributed by atoms with E-state index in [-0.39, 0.29) is 23.9 Å². The van der Waals surface area contributed by atoms with Crippen LogP contribution in [-0.2, 0) is 16.0 Å². The minimum absolute atomic E-state index is 0.0279. The summed E-state index contributed by atoms with van der Waals surface area (Å²) in [6.07, 6.45) is 2.84. The van der Waals surface area contributed by atoms with Crippen LogP contribution in [-0.4, -0.2) is 77.9 Å². The molecule has 2 atom stereocenters. The van der Waals surface area contributed by atoms with Gasteiger partial charge in [0.15, 0.2) is 0 Å². The summed E-state index contributed by atoms with van der Waals surface area (Å²) in [6.45, 7) is 14.8. The second-order valence-electron chi connectivity index (χ2n) is 8.43. The van der Waals surface area contributed by atoms with E-state index in [4.69, 9.17) is 0 Å². The fraction of sp³-hybridized carbons (Fsp3) is 0.667. The molecule has 2 rings (SSSR count). The van der Waals surface area contributed by atoms with Crippen LogP contribution in [0.25, 0.3) is 0 Å². The predicted octanol–water partition coefficient (Wildman–Crippen LogP) is 3.23. The average molecular weight is 417 g/mol. The first-order valence-corrected chi connectivity index (χ1v) is 11.5. The first-order valence-electron chi connectivity index (χ1n) is 11.5. The topological polar surface area (TPSA) is 55.9 Å². The van der Waals surface area contributed by atoms with Gasteiger partial charge in [-0.2, -0.15) is 0 Å². The highest BCUT2D eigenvalue weighted by molar-refractivity contribution is 5.93. The Labute approximate surface area is 182 Å². The summed E-state index contributed by atoms with van der Waals surface area (Å²) < 4.78 is 0. The molecule has 1 aliphatic heterocycles. The van der Waals surface area contributed by atoms with Gasteiger partial charge < -0.3 is 10.2 Å². The summed E-state index contributed by atoms with van der Waals surface area (Å²) in [5.41, 5.74) is 2.06. The molecule has 1 N–H and O–H groups in total. The molecule has 2 amide bonds. The maximum Gasteiger partial charge on any atom is 0.238 e. The van der Waals surface area contributed by atoms with Crippen molar-refractivity contribution in [2.75, 3.05) is 44.6 Å². The van der Waals surface area contributed by atoms with Gasteiger partial charge in [-0.05, 0) is 44.7 Å². The molecule has 0 aromatic heterocycles. The quantitative estimate of drug-likeness (QED) is 0.636. The van der Waals surface area contributed by atoms with Gasteiger partial charge in [0.25, 0.3) is 0 Å². The van der Waals surface area contributed by atoms with Gasteiger partial charge in [-0.1, -0.05) is 39.0 Å². The first kappa shape index (κ1) is 24.4. The molecule has 0 spiro atoms. The number of piperazine rings is 1. The van der Waals surface area contributed by atoms with Crippen LogP contribution in [0.3, 0.4) is 0 Å². The Bertz CT molecular complexity index is 676. The molecule has 1 heterocycles. The maximum atomic E-state index is 12.9. The maximum absolute atomic E-state index is 12.9. The Hall–Kier alpha value is -1.92. The molecule has 0 bridgehead atoms. The van der Waals surface area contributed by atoms with Crippen LogP contribution in [0.2, 0.25) is 0 Å². The second-order valence-corrected chi connectivity index (χ2v) is 8.43. The number of benzene rings is 1. The minimum atomic E-state index is 0.0279. The summed E-state index contributed by atoms with van der Waals surface area (Å²) in [4.78, 5) is 31.9. The fourth-order valence-corrected chi connectivity index (χ4v) is 4.04. The lowest BCUT2D eigenvalue weighted by Gasteiger charge is -2.38. The molecule has 0 aliphatic carbocycles. The Morgan fingerprint density at radius 2 is 1.47 bits per heavy atom.